The second kappa shape index (κ2) is 10.5. The maximum absolute atomic E-state index is 12.2. The number of amides is 1. The van der Waals surface area contributed by atoms with E-state index in [0.717, 1.165) is 10.5 Å². The van der Waals surface area contributed by atoms with Gasteiger partial charge in [0.1, 0.15) is 11.5 Å². The first-order valence-electron chi connectivity index (χ1n) is 9.49. The minimum absolute atomic E-state index is 0.193. The number of benzene rings is 2. The van der Waals surface area contributed by atoms with Gasteiger partial charge in [-0.1, -0.05) is 30.3 Å². The topological polar surface area (TPSA) is 80.9 Å². The van der Waals surface area contributed by atoms with E-state index in [0.29, 0.717) is 23.7 Å². The van der Waals surface area contributed by atoms with Gasteiger partial charge in [0, 0.05) is 10.5 Å². The van der Waals surface area contributed by atoms with E-state index in [1.807, 2.05) is 37.3 Å². The van der Waals surface area contributed by atoms with Gasteiger partial charge in [-0.15, -0.1) is 11.8 Å². The molecule has 2 aromatic carbocycles. The van der Waals surface area contributed by atoms with Crippen molar-refractivity contribution in [2.75, 3.05) is 6.61 Å². The van der Waals surface area contributed by atoms with E-state index in [1.54, 1.807) is 43.3 Å². The first-order valence-corrected chi connectivity index (χ1v) is 10.4. The number of thioether (sulfide) groups is 1. The maximum atomic E-state index is 12.2. The molecule has 0 aliphatic heterocycles. The number of hydrogen-bond acceptors (Lipinski definition) is 6. The Labute approximate surface area is 179 Å². The van der Waals surface area contributed by atoms with Crippen LogP contribution >= 0.6 is 11.8 Å². The van der Waals surface area contributed by atoms with Gasteiger partial charge in [0.15, 0.2) is 0 Å². The van der Waals surface area contributed by atoms with Gasteiger partial charge in [-0.25, -0.2) is 10.2 Å². The number of hydrogen-bond donors (Lipinski definition) is 1. The van der Waals surface area contributed by atoms with Gasteiger partial charge in [0.05, 0.1) is 23.6 Å². The summed E-state index contributed by atoms with van der Waals surface area (Å²) < 4.78 is 10.7. The highest BCUT2D eigenvalue weighted by atomic mass is 32.2. The highest BCUT2D eigenvalue weighted by molar-refractivity contribution is 8.00. The van der Waals surface area contributed by atoms with E-state index >= 15 is 0 Å². The number of esters is 1. The molecule has 0 saturated carbocycles. The van der Waals surface area contributed by atoms with Crippen molar-refractivity contribution in [1.82, 2.24) is 5.43 Å². The number of nitrogens with zero attached hydrogens (tertiary/aromatic N) is 1. The molecule has 0 aliphatic carbocycles. The summed E-state index contributed by atoms with van der Waals surface area (Å²) in [4.78, 5) is 24.9. The number of hydrazone groups is 1. The molecule has 0 radical (unpaired) electrons. The number of nitrogens with one attached hydrogen (secondary N) is 1. The quantitative estimate of drug-likeness (QED) is 0.245. The predicted molar refractivity (Wildman–Crippen MR) is 118 cm³/mol. The fourth-order valence-corrected chi connectivity index (χ4v) is 3.45. The standard InChI is InChI=1S/C23H22N2O4S/c1-3-28-23(27)18-11-9-17(10-12-18)21-14-13-19(29-21)15-24-25-22(26)16(2)30-20-7-5-4-6-8-20/h4-16H,3H2,1-2H3,(H,25,26)/b24-15-/t16-/m1/s1. The number of ether oxygens (including phenoxy) is 1. The lowest BCUT2D eigenvalue weighted by Crippen LogP contribution is -2.26. The van der Waals surface area contributed by atoms with Crippen molar-refractivity contribution in [3.63, 3.8) is 0 Å². The fourth-order valence-electron chi connectivity index (χ4n) is 2.57. The van der Waals surface area contributed by atoms with Crippen molar-refractivity contribution in [2.24, 2.45) is 5.10 Å². The zero-order valence-corrected chi connectivity index (χ0v) is 17.5. The fraction of sp³-hybridized carbons (Fsp3) is 0.174. The van der Waals surface area contributed by atoms with E-state index < -0.39 is 0 Å². The van der Waals surface area contributed by atoms with Crippen molar-refractivity contribution < 1.29 is 18.7 Å². The number of carbonyl (C=O) groups is 2. The zero-order chi connectivity index (χ0) is 21.3. The Morgan fingerprint density at radius 2 is 1.83 bits per heavy atom. The van der Waals surface area contributed by atoms with Gasteiger partial charge < -0.3 is 9.15 Å². The van der Waals surface area contributed by atoms with Crippen LogP contribution in [-0.2, 0) is 9.53 Å². The summed E-state index contributed by atoms with van der Waals surface area (Å²) in [5.74, 6) is 0.586. The summed E-state index contributed by atoms with van der Waals surface area (Å²) in [5, 5.41) is 3.69. The largest absolute Gasteiger partial charge is 0.462 e. The molecule has 30 heavy (non-hydrogen) atoms. The third-order valence-corrected chi connectivity index (χ3v) is 5.21. The van der Waals surface area contributed by atoms with Gasteiger partial charge in [-0.3, -0.25) is 4.79 Å². The molecule has 6 nitrogen and oxygen atoms in total. The van der Waals surface area contributed by atoms with Crippen LogP contribution in [0.2, 0.25) is 0 Å². The van der Waals surface area contributed by atoms with Gasteiger partial charge in [0.2, 0.25) is 0 Å². The third-order valence-electron chi connectivity index (χ3n) is 4.10. The van der Waals surface area contributed by atoms with Gasteiger partial charge in [-0.05, 0) is 50.2 Å². The van der Waals surface area contributed by atoms with Crippen LogP contribution in [0.4, 0.5) is 0 Å². The van der Waals surface area contributed by atoms with Gasteiger partial charge in [-0.2, -0.15) is 5.10 Å². The first-order chi connectivity index (χ1) is 14.6. The SMILES string of the molecule is CCOC(=O)c1ccc(-c2ccc(/C=N\NC(=O)[C@@H](C)Sc3ccccc3)o2)cc1. The predicted octanol–water partition coefficient (Wildman–Crippen LogP) is 4.75. The van der Waals surface area contributed by atoms with Crippen molar-refractivity contribution in [2.45, 2.75) is 24.0 Å². The van der Waals surface area contributed by atoms with Crippen LogP contribution in [-0.4, -0.2) is 29.9 Å². The maximum Gasteiger partial charge on any atom is 0.338 e. The van der Waals surface area contributed by atoms with E-state index in [-0.39, 0.29) is 17.1 Å². The van der Waals surface area contributed by atoms with E-state index in [4.69, 9.17) is 9.15 Å². The Hall–Kier alpha value is -3.32. The number of carbonyl (C=O) groups excluding carboxylic acids is 2. The minimum atomic E-state index is -0.355. The zero-order valence-electron chi connectivity index (χ0n) is 16.7. The molecule has 1 atom stereocenters. The van der Waals surface area contributed by atoms with Crippen LogP contribution < -0.4 is 5.43 Å². The van der Waals surface area contributed by atoms with Gasteiger partial charge >= 0.3 is 5.97 Å². The number of rotatable bonds is 8. The molecule has 0 unspecified atom stereocenters. The normalized spacial score (nSPS) is 11.9. The molecule has 3 rings (SSSR count). The molecule has 1 heterocycles. The molecule has 0 saturated heterocycles. The third kappa shape index (κ3) is 5.84. The molecule has 1 aromatic heterocycles. The van der Waals surface area contributed by atoms with E-state index in [9.17, 15) is 9.59 Å². The highest BCUT2D eigenvalue weighted by Crippen LogP contribution is 2.23. The number of furan rings is 1. The second-order valence-corrected chi connectivity index (χ2v) is 7.72. The summed E-state index contributed by atoms with van der Waals surface area (Å²) in [6.07, 6.45) is 1.45. The Balaban J connectivity index is 1.55. The van der Waals surface area contributed by atoms with Gasteiger partial charge in [0.25, 0.3) is 5.91 Å². The molecular weight excluding hydrogens is 400 g/mol. The molecule has 0 fully saturated rings. The van der Waals surface area contributed by atoms with Crippen LogP contribution in [0.3, 0.4) is 0 Å². The van der Waals surface area contributed by atoms with Crippen molar-refractivity contribution >= 4 is 29.9 Å². The lowest BCUT2D eigenvalue weighted by molar-refractivity contribution is -0.120. The highest BCUT2D eigenvalue weighted by Gasteiger charge is 2.13. The lowest BCUT2D eigenvalue weighted by atomic mass is 10.1. The summed E-state index contributed by atoms with van der Waals surface area (Å²) in [6, 6.07) is 20.2. The molecule has 154 valence electrons. The molecule has 0 aliphatic rings. The lowest BCUT2D eigenvalue weighted by Gasteiger charge is -2.08. The summed E-state index contributed by atoms with van der Waals surface area (Å²) in [7, 11) is 0. The Morgan fingerprint density at radius 1 is 1.10 bits per heavy atom. The average molecular weight is 423 g/mol. The van der Waals surface area contributed by atoms with Crippen LogP contribution in [0.1, 0.15) is 30.0 Å². The van der Waals surface area contributed by atoms with Crippen molar-refractivity contribution in [3.8, 4) is 11.3 Å². The van der Waals surface area contributed by atoms with E-state index in [1.165, 1.54) is 18.0 Å². The smallest absolute Gasteiger partial charge is 0.338 e. The molecule has 7 heteroatoms. The first kappa shape index (κ1) is 21.4. The Morgan fingerprint density at radius 3 is 2.53 bits per heavy atom. The molecule has 1 amide bonds. The average Bonchev–Trinajstić information content (AvgIpc) is 3.23. The molecule has 3 aromatic rings. The van der Waals surface area contributed by atoms with Crippen molar-refractivity contribution in [1.29, 1.82) is 0 Å². The van der Waals surface area contributed by atoms with Crippen LogP contribution in [0.5, 0.6) is 0 Å². The van der Waals surface area contributed by atoms with E-state index in [2.05, 4.69) is 10.5 Å². The Kier molecular flexibility index (Phi) is 7.45. The Bertz CT molecular complexity index is 1010. The second-order valence-electron chi connectivity index (χ2n) is 6.31. The van der Waals surface area contributed by atoms with Crippen molar-refractivity contribution in [3.05, 3.63) is 78.1 Å². The summed E-state index contributed by atoms with van der Waals surface area (Å²) in [6.45, 7) is 3.93. The molecule has 0 bridgehead atoms. The molecule has 1 N–H and O–H groups in total. The summed E-state index contributed by atoms with van der Waals surface area (Å²) >= 11 is 1.46. The molecular formula is C23H22N2O4S. The monoisotopic (exact) mass is 422 g/mol. The van der Waals surface area contributed by atoms with Crippen LogP contribution in [0.15, 0.2) is 81.1 Å². The minimum Gasteiger partial charge on any atom is -0.462 e. The summed E-state index contributed by atoms with van der Waals surface area (Å²) in [5.41, 5.74) is 3.83. The van der Waals surface area contributed by atoms with Crippen LogP contribution in [0.25, 0.3) is 11.3 Å². The van der Waals surface area contributed by atoms with Crippen LogP contribution in [0, 0.1) is 0 Å². The molecule has 0 spiro atoms.